The summed E-state index contributed by atoms with van der Waals surface area (Å²) in [5.74, 6) is 0.167. The van der Waals surface area contributed by atoms with Crippen LogP contribution in [0.3, 0.4) is 0 Å². The molecule has 1 saturated heterocycles. The number of anilines is 1. The number of piperazine rings is 1. The highest BCUT2D eigenvalue weighted by Crippen LogP contribution is 2.27. The normalized spacial score (nSPS) is 17.9. The molecule has 1 aromatic rings. The summed E-state index contributed by atoms with van der Waals surface area (Å²) in [6.07, 6.45) is 3.05. The first-order chi connectivity index (χ1) is 9.11. The van der Waals surface area contributed by atoms with Gasteiger partial charge in [-0.2, -0.15) is 0 Å². The number of hydrogen-bond donors (Lipinski definition) is 1. The Morgan fingerprint density at radius 2 is 2.32 bits per heavy atom. The minimum atomic E-state index is 0.167. The Morgan fingerprint density at radius 1 is 1.53 bits per heavy atom. The number of hydrogen-bond acceptors (Lipinski definition) is 5. The third-order valence-corrected chi connectivity index (χ3v) is 4.61. The van der Waals surface area contributed by atoms with Crippen molar-refractivity contribution in [2.75, 3.05) is 38.1 Å². The minimum Gasteiger partial charge on any atom is -0.342 e. The van der Waals surface area contributed by atoms with Crippen molar-refractivity contribution in [1.82, 2.24) is 15.2 Å². The molecule has 1 aliphatic heterocycles. The number of carbonyl (C=O) groups excluding carboxylic acids is 1. The van der Waals surface area contributed by atoms with Crippen LogP contribution < -0.4 is 10.2 Å². The van der Waals surface area contributed by atoms with E-state index in [4.69, 9.17) is 0 Å². The molecule has 0 aromatic carbocycles. The van der Waals surface area contributed by atoms with Gasteiger partial charge in [-0.3, -0.25) is 4.79 Å². The molecule has 1 N–H and O–H groups in total. The third kappa shape index (κ3) is 3.45. The van der Waals surface area contributed by atoms with Crippen LogP contribution in [-0.2, 0) is 4.79 Å². The Bertz CT molecular complexity index is 434. The zero-order valence-electron chi connectivity index (χ0n) is 11.8. The van der Waals surface area contributed by atoms with Gasteiger partial charge in [-0.1, -0.05) is 6.92 Å². The maximum absolute atomic E-state index is 11.7. The van der Waals surface area contributed by atoms with E-state index in [0.717, 1.165) is 31.2 Å². The summed E-state index contributed by atoms with van der Waals surface area (Å²) in [5.41, 5.74) is 0. The van der Waals surface area contributed by atoms with Gasteiger partial charge in [0.25, 0.3) is 0 Å². The van der Waals surface area contributed by atoms with Gasteiger partial charge in [-0.05, 0) is 19.9 Å². The number of nitrogens with one attached hydrogen (secondary N) is 1. The highest BCUT2D eigenvalue weighted by atomic mass is 32.1. The van der Waals surface area contributed by atoms with E-state index < -0.39 is 0 Å². The van der Waals surface area contributed by atoms with Gasteiger partial charge in [0.15, 0.2) is 5.13 Å². The van der Waals surface area contributed by atoms with Crippen LogP contribution in [0, 0.1) is 0 Å². The van der Waals surface area contributed by atoms with Crippen molar-refractivity contribution < 1.29 is 4.79 Å². The lowest BCUT2D eigenvalue weighted by Gasteiger charge is -2.31. The number of aromatic nitrogens is 1. The van der Waals surface area contributed by atoms with E-state index in [9.17, 15) is 4.79 Å². The zero-order chi connectivity index (χ0) is 13.8. The van der Waals surface area contributed by atoms with E-state index in [1.54, 1.807) is 16.2 Å². The Kier molecular flexibility index (Phi) is 4.76. The van der Waals surface area contributed by atoms with Crippen molar-refractivity contribution in [2.24, 2.45) is 0 Å². The first kappa shape index (κ1) is 14.3. The summed E-state index contributed by atoms with van der Waals surface area (Å²) < 4.78 is 0. The second-order valence-electron chi connectivity index (χ2n) is 4.96. The Balaban J connectivity index is 1.98. The first-order valence-corrected chi connectivity index (χ1v) is 7.61. The fraction of sp³-hybridized carbons (Fsp3) is 0.692. The molecule has 6 heteroatoms. The summed E-state index contributed by atoms with van der Waals surface area (Å²) in [4.78, 5) is 21.2. The van der Waals surface area contributed by atoms with Gasteiger partial charge < -0.3 is 15.1 Å². The van der Waals surface area contributed by atoms with E-state index in [2.05, 4.69) is 29.0 Å². The van der Waals surface area contributed by atoms with Gasteiger partial charge in [0.05, 0.1) is 6.54 Å². The fourth-order valence-corrected chi connectivity index (χ4v) is 2.97. The SMILES string of the molecule is CCCNC(C)c1cnc(N2CCN(C)C(=O)C2)s1. The zero-order valence-corrected chi connectivity index (χ0v) is 12.7. The average molecular weight is 282 g/mol. The predicted octanol–water partition coefficient (Wildman–Crippen LogP) is 1.48. The topological polar surface area (TPSA) is 48.5 Å². The second-order valence-corrected chi connectivity index (χ2v) is 6.00. The van der Waals surface area contributed by atoms with Crippen molar-refractivity contribution in [3.63, 3.8) is 0 Å². The van der Waals surface area contributed by atoms with Crippen LogP contribution in [0.2, 0.25) is 0 Å². The summed E-state index contributed by atoms with van der Waals surface area (Å²) >= 11 is 1.68. The van der Waals surface area contributed by atoms with Gasteiger partial charge in [-0.15, -0.1) is 11.3 Å². The molecule has 1 aliphatic rings. The van der Waals surface area contributed by atoms with E-state index in [1.165, 1.54) is 4.88 Å². The van der Waals surface area contributed by atoms with Gasteiger partial charge in [0.1, 0.15) is 0 Å². The average Bonchev–Trinajstić information content (AvgIpc) is 2.89. The molecule has 0 spiro atoms. The standard InChI is InChI=1S/C13H22N4OS/c1-4-5-14-10(2)11-8-15-13(19-11)17-7-6-16(3)12(18)9-17/h8,10,14H,4-7,9H2,1-3H3. The van der Waals surface area contributed by atoms with Crippen molar-refractivity contribution in [3.05, 3.63) is 11.1 Å². The number of nitrogens with zero attached hydrogens (tertiary/aromatic N) is 3. The van der Waals surface area contributed by atoms with Crippen molar-refractivity contribution >= 4 is 22.4 Å². The van der Waals surface area contributed by atoms with Gasteiger partial charge in [0, 0.05) is 37.3 Å². The first-order valence-electron chi connectivity index (χ1n) is 6.79. The summed E-state index contributed by atoms with van der Waals surface area (Å²) in [5, 5.41) is 4.42. The molecule has 19 heavy (non-hydrogen) atoms. The van der Waals surface area contributed by atoms with Crippen molar-refractivity contribution in [3.8, 4) is 0 Å². The van der Waals surface area contributed by atoms with Gasteiger partial charge in [0.2, 0.25) is 5.91 Å². The highest BCUT2D eigenvalue weighted by molar-refractivity contribution is 7.15. The molecule has 1 fully saturated rings. The molecule has 0 radical (unpaired) electrons. The smallest absolute Gasteiger partial charge is 0.241 e. The highest BCUT2D eigenvalue weighted by Gasteiger charge is 2.23. The van der Waals surface area contributed by atoms with E-state index in [1.807, 2.05) is 13.2 Å². The van der Waals surface area contributed by atoms with Crippen LogP contribution in [0.4, 0.5) is 5.13 Å². The molecular formula is C13H22N4OS. The molecule has 1 amide bonds. The van der Waals surface area contributed by atoms with Crippen LogP contribution in [0.1, 0.15) is 31.2 Å². The summed E-state index contributed by atoms with van der Waals surface area (Å²) in [7, 11) is 1.85. The molecule has 0 bridgehead atoms. The van der Waals surface area contributed by atoms with Gasteiger partial charge in [-0.25, -0.2) is 4.98 Å². The van der Waals surface area contributed by atoms with Crippen LogP contribution in [0.5, 0.6) is 0 Å². The number of rotatable bonds is 5. The van der Waals surface area contributed by atoms with Gasteiger partial charge >= 0.3 is 0 Å². The lowest BCUT2D eigenvalue weighted by molar-refractivity contribution is -0.129. The number of amides is 1. The quantitative estimate of drug-likeness (QED) is 0.889. The lowest BCUT2D eigenvalue weighted by atomic mass is 10.3. The molecule has 1 atom stereocenters. The molecule has 106 valence electrons. The predicted molar refractivity (Wildman–Crippen MR) is 78.7 cm³/mol. The number of carbonyl (C=O) groups is 1. The monoisotopic (exact) mass is 282 g/mol. The Hall–Kier alpha value is -1.14. The maximum atomic E-state index is 11.7. The lowest BCUT2D eigenvalue weighted by Crippen LogP contribution is -2.48. The van der Waals surface area contributed by atoms with Crippen LogP contribution in [-0.4, -0.2) is 49.0 Å². The van der Waals surface area contributed by atoms with E-state index >= 15 is 0 Å². The Morgan fingerprint density at radius 3 is 3.00 bits per heavy atom. The van der Waals surface area contributed by atoms with Crippen LogP contribution >= 0.6 is 11.3 Å². The summed E-state index contributed by atoms with van der Waals surface area (Å²) in [6, 6.07) is 0.328. The van der Waals surface area contributed by atoms with E-state index in [0.29, 0.717) is 12.6 Å². The molecule has 0 aliphatic carbocycles. The maximum Gasteiger partial charge on any atom is 0.241 e. The summed E-state index contributed by atoms with van der Waals surface area (Å²) in [6.45, 7) is 7.42. The van der Waals surface area contributed by atoms with Crippen LogP contribution in [0.25, 0.3) is 0 Å². The van der Waals surface area contributed by atoms with Crippen molar-refractivity contribution in [1.29, 1.82) is 0 Å². The molecule has 0 saturated carbocycles. The molecule has 2 rings (SSSR count). The largest absolute Gasteiger partial charge is 0.342 e. The number of likely N-dealkylation sites (N-methyl/N-ethyl adjacent to an activating group) is 1. The van der Waals surface area contributed by atoms with E-state index in [-0.39, 0.29) is 5.91 Å². The van der Waals surface area contributed by atoms with Crippen LogP contribution in [0.15, 0.2) is 6.20 Å². The molecule has 1 aromatic heterocycles. The second kappa shape index (κ2) is 6.34. The van der Waals surface area contributed by atoms with Crippen molar-refractivity contribution in [2.45, 2.75) is 26.3 Å². The molecule has 2 heterocycles. The minimum absolute atomic E-state index is 0.167. The number of thiazole rings is 1. The molecule has 1 unspecified atom stereocenters. The Labute approximate surface area is 118 Å². The molecular weight excluding hydrogens is 260 g/mol. The molecule has 5 nitrogen and oxygen atoms in total. The third-order valence-electron chi connectivity index (χ3n) is 3.37. The fourth-order valence-electron chi connectivity index (χ4n) is 2.01.